The van der Waals surface area contributed by atoms with Crippen molar-refractivity contribution in [3.05, 3.63) is 102 Å². The highest BCUT2D eigenvalue weighted by Crippen LogP contribution is 2.30. The van der Waals surface area contributed by atoms with Gasteiger partial charge in [-0.2, -0.15) is 5.26 Å². The molecule has 3 aromatic rings. The van der Waals surface area contributed by atoms with Gasteiger partial charge in [-0.1, -0.05) is 48.5 Å². The molecule has 2 atom stereocenters. The molecule has 1 aliphatic rings. The molecule has 1 fully saturated rings. The van der Waals surface area contributed by atoms with Crippen molar-refractivity contribution in [2.24, 2.45) is 0 Å². The zero-order chi connectivity index (χ0) is 23.4. The number of benzene rings is 3. The third-order valence-corrected chi connectivity index (χ3v) is 4.95. The fraction of sp³-hybridized carbons (Fsp3) is 0.0800. The lowest BCUT2D eigenvalue weighted by Crippen LogP contribution is -2.37. The third kappa shape index (κ3) is 4.20. The van der Waals surface area contributed by atoms with Crippen LogP contribution in [0.25, 0.3) is 0 Å². The lowest BCUT2D eigenvalue weighted by Gasteiger charge is -2.16. The molecule has 1 saturated heterocycles. The Balaban J connectivity index is 1.69. The molecule has 1 heterocycles. The van der Waals surface area contributed by atoms with E-state index in [1.807, 2.05) is 6.07 Å². The number of nitrogens with zero attached hydrogens (tertiary/aromatic N) is 2. The molecule has 0 bridgehead atoms. The summed E-state index contributed by atoms with van der Waals surface area (Å²) in [5.74, 6) is -3.56. The van der Waals surface area contributed by atoms with Gasteiger partial charge in [-0.3, -0.25) is 9.59 Å². The van der Waals surface area contributed by atoms with Crippen molar-refractivity contribution in [2.45, 2.75) is 12.2 Å². The van der Waals surface area contributed by atoms with Crippen LogP contribution in [0.4, 0.5) is 5.69 Å². The van der Waals surface area contributed by atoms with Crippen LogP contribution in [0.15, 0.2) is 84.9 Å². The highest BCUT2D eigenvalue weighted by molar-refractivity contribution is 6.25. The fourth-order valence-electron chi connectivity index (χ4n) is 3.36. The van der Waals surface area contributed by atoms with Gasteiger partial charge in [0.25, 0.3) is 11.8 Å². The van der Waals surface area contributed by atoms with E-state index in [2.05, 4.69) is 0 Å². The van der Waals surface area contributed by atoms with Crippen LogP contribution in [0.3, 0.4) is 0 Å². The maximum absolute atomic E-state index is 13.2. The molecule has 4 rings (SSSR count). The predicted octanol–water partition coefficient (Wildman–Crippen LogP) is 2.88. The average molecular weight is 440 g/mol. The van der Waals surface area contributed by atoms with Crippen molar-refractivity contribution in [1.29, 1.82) is 5.26 Å². The molecule has 0 N–H and O–H groups in total. The lowest BCUT2D eigenvalue weighted by atomic mass is 10.2. The first kappa shape index (κ1) is 21.5. The maximum Gasteiger partial charge on any atom is 0.339 e. The van der Waals surface area contributed by atoms with Gasteiger partial charge in [0, 0.05) is 0 Å². The van der Waals surface area contributed by atoms with Gasteiger partial charge in [-0.25, -0.2) is 14.5 Å². The molecule has 0 saturated carbocycles. The van der Waals surface area contributed by atoms with Gasteiger partial charge in [0.2, 0.25) is 12.2 Å². The number of hydrogen-bond acceptors (Lipinski definition) is 7. The van der Waals surface area contributed by atoms with Crippen LogP contribution in [0.5, 0.6) is 0 Å². The molecule has 3 aromatic carbocycles. The van der Waals surface area contributed by atoms with Crippen LogP contribution < -0.4 is 4.90 Å². The Morgan fingerprint density at radius 3 is 1.58 bits per heavy atom. The first-order valence-corrected chi connectivity index (χ1v) is 9.90. The van der Waals surface area contributed by atoms with Gasteiger partial charge >= 0.3 is 11.9 Å². The SMILES string of the molecule is N#Cc1ccccc1N1C(=O)[C@@H](OC(=O)c2ccccc2)[C@@H](OC(=O)c2ccccc2)C1=O. The van der Waals surface area contributed by atoms with E-state index in [4.69, 9.17) is 9.47 Å². The van der Waals surface area contributed by atoms with Crippen LogP contribution >= 0.6 is 0 Å². The number of carbonyl (C=O) groups is 4. The molecule has 0 unspecified atom stereocenters. The second kappa shape index (κ2) is 9.16. The molecule has 33 heavy (non-hydrogen) atoms. The third-order valence-electron chi connectivity index (χ3n) is 4.95. The number of carbonyl (C=O) groups excluding carboxylic acids is 4. The summed E-state index contributed by atoms with van der Waals surface area (Å²) in [4.78, 5) is 52.4. The summed E-state index contributed by atoms with van der Waals surface area (Å²) >= 11 is 0. The minimum atomic E-state index is -1.72. The van der Waals surface area contributed by atoms with Gasteiger partial charge in [-0.05, 0) is 36.4 Å². The topological polar surface area (TPSA) is 114 Å². The molecule has 2 amide bonds. The van der Waals surface area contributed by atoms with E-state index in [0.29, 0.717) is 4.90 Å². The van der Waals surface area contributed by atoms with Crippen LogP contribution in [-0.4, -0.2) is 36.0 Å². The standard InChI is InChI=1S/C25H16N2O6/c26-15-18-13-7-8-14-19(18)27-22(28)20(32-24(30)16-9-3-1-4-10-16)21(23(27)29)33-25(31)17-11-5-2-6-12-17/h1-14,20-21H/t20-,21+. The Morgan fingerprint density at radius 1 is 0.697 bits per heavy atom. The Labute approximate surface area is 188 Å². The molecular formula is C25H16N2O6. The Hall–Kier alpha value is -4.77. The van der Waals surface area contributed by atoms with E-state index in [-0.39, 0.29) is 22.4 Å². The first-order valence-electron chi connectivity index (χ1n) is 9.90. The molecule has 0 aromatic heterocycles. The average Bonchev–Trinajstić information content (AvgIpc) is 3.08. The molecule has 1 aliphatic heterocycles. The second-order valence-corrected chi connectivity index (χ2v) is 7.02. The normalized spacial score (nSPS) is 17.4. The van der Waals surface area contributed by atoms with Crippen LogP contribution in [0.2, 0.25) is 0 Å². The number of ether oxygens (including phenoxy) is 2. The summed E-state index contributed by atoms with van der Waals surface area (Å²) in [6.07, 6.45) is -3.44. The van der Waals surface area contributed by atoms with Crippen LogP contribution in [0.1, 0.15) is 26.3 Å². The number of imide groups is 1. The quantitative estimate of drug-likeness (QED) is 0.443. The minimum Gasteiger partial charge on any atom is -0.444 e. The van der Waals surface area contributed by atoms with E-state index in [1.54, 1.807) is 48.5 Å². The molecule has 0 spiro atoms. The fourth-order valence-corrected chi connectivity index (χ4v) is 3.36. The van der Waals surface area contributed by atoms with Crippen LogP contribution in [-0.2, 0) is 19.1 Å². The Bertz CT molecular complexity index is 1200. The van der Waals surface area contributed by atoms with E-state index >= 15 is 0 Å². The molecule has 162 valence electrons. The number of rotatable bonds is 5. The number of hydrogen-bond donors (Lipinski definition) is 0. The zero-order valence-corrected chi connectivity index (χ0v) is 17.1. The highest BCUT2D eigenvalue weighted by Gasteiger charge is 2.54. The van der Waals surface area contributed by atoms with Gasteiger partial charge in [0.05, 0.1) is 22.4 Å². The van der Waals surface area contributed by atoms with Gasteiger partial charge in [-0.15, -0.1) is 0 Å². The molecule has 8 nitrogen and oxygen atoms in total. The van der Waals surface area contributed by atoms with Crippen molar-refractivity contribution in [2.75, 3.05) is 4.90 Å². The smallest absolute Gasteiger partial charge is 0.339 e. The number of para-hydroxylation sites is 1. The minimum absolute atomic E-state index is 0.00835. The van der Waals surface area contributed by atoms with E-state index in [1.165, 1.54) is 36.4 Å². The van der Waals surface area contributed by atoms with Gasteiger partial charge in [0.1, 0.15) is 6.07 Å². The largest absolute Gasteiger partial charge is 0.444 e. The van der Waals surface area contributed by atoms with E-state index in [9.17, 15) is 24.4 Å². The lowest BCUT2D eigenvalue weighted by molar-refractivity contribution is -0.130. The summed E-state index contributed by atoms with van der Waals surface area (Å²) in [5.41, 5.74) is 0.375. The Kier molecular flexibility index (Phi) is 5.96. The van der Waals surface area contributed by atoms with Crippen molar-refractivity contribution in [3.8, 4) is 6.07 Å². The molecule has 8 heteroatoms. The van der Waals surface area contributed by atoms with Crippen molar-refractivity contribution in [3.63, 3.8) is 0 Å². The second-order valence-electron chi connectivity index (χ2n) is 7.02. The predicted molar refractivity (Wildman–Crippen MR) is 115 cm³/mol. The number of nitriles is 1. The van der Waals surface area contributed by atoms with Crippen molar-refractivity contribution in [1.82, 2.24) is 0 Å². The number of anilines is 1. The summed E-state index contributed by atoms with van der Waals surface area (Å²) in [7, 11) is 0. The Morgan fingerprint density at radius 2 is 1.12 bits per heavy atom. The number of esters is 2. The van der Waals surface area contributed by atoms with Crippen LogP contribution in [0, 0.1) is 11.3 Å². The van der Waals surface area contributed by atoms with Gasteiger partial charge in [0.15, 0.2) is 0 Å². The van der Waals surface area contributed by atoms with E-state index in [0.717, 1.165) is 0 Å². The number of amides is 2. The van der Waals surface area contributed by atoms with Crippen molar-refractivity contribution < 1.29 is 28.7 Å². The molecular weight excluding hydrogens is 424 g/mol. The maximum atomic E-state index is 13.2. The zero-order valence-electron chi connectivity index (χ0n) is 17.1. The summed E-state index contributed by atoms with van der Waals surface area (Å²) in [6, 6.07) is 23.7. The summed E-state index contributed by atoms with van der Waals surface area (Å²) in [6.45, 7) is 0. The summed E-state index contributed by atoms with van der Waals surface area (Å²) in [5, 5.41) is 9.40. The summed E-state index contributed by atoms with van der Waals surface area (Å²) < 4.78 is 10.7. The van der Waals surface area contributed by atoms with Gasteiger partial charge < -0.3 is 9.47 Å². The van der Waals surface area contributed by atoms with Crippen molar-refractivity contribution >= 4 is 29.4 Å². The van der Waals surface area contributed by atoms with E-state index < -0.39 is 36.0 Å². The molecule has 0 aliphatic carbocycles. The molecule has 0 radical (unpaired) electrons. The monoisotopic (exact) mass is 440 g/mol. The highest BCUT2D eigenvalue weighted by atomic mass is 16.6. The first-order chi connectivity index (χ1) is 16.0.